The molecular weight excluding hydrogens is 257 g/mol. The summed E-state index contributed by atoms with van der Waals surface area (Å²) in [4.78, 5) is 13.6. The van der Waals surface area contributed by atoms with E-state index < -0.39 is 5.97 Å². The summed E-state index contributed by atoms with van der Waals surface area (Å²) in [5.41, 5.74) is 0.830. The van der Waals surface area contributed by atoms with E-state index in [9.17, 15) is 14.3 Å². The van der Waals surface area contributed by atoms with Gasteiger partial charge in [-0.1, -0.05) is 6.42 Å². The largest absolute Gasteiger partial charge is 0.478 e. The minimum atomic E-state index is -0.972. The van der Waals surface area contributed by atoms with Gasteiger partial charge in [0, 0.05) is 12.6 Å². The number of fused-ring (bicyclic) bond motifs is 1. The number of carboxylic acids is 1. The molecule has 1 aliphatic carbocycles. The number of hydrogen-bond acceptors (Lipinski definition) is 2. The molecule has 108 valence electrons. The highest BCUT2D eigenvalue weighted by molar-refractivity contribution is 5.89. The zero-order valence-corrected chi connectivity index (χ0v) is 11.5. The van der Waals surface area contributed by atoms with Gasteiger partial charge in [-0.15, -0.1) is 0 Å². The molecule has 3 rings (SSSR count). The van der Waals surface area contributed by atoms with Crippen molar-refractivity contribution >= 4 is 5.97 Å². The molecule has 4 heteroatoms. The molecular formula is C16H20FNO2. The van der Waals surface area contributed by atoms with E-state index in [1.807, 2.05) is 0 Å². The third-order valence-corrected chi connectivity index (χ3v) is 4.78. The van der Waals surface area contributed by atoms with E-state index in [4.69, 9.17) is 0 Å². The summed E-state index contributed by atoms with van der Waals surface area (Å²) >= 11 is 0. The average Bonchev–Trinajstić information content (AvgIpc) is 2.88. The van der Waals surface area contributed by atoms with E-state index in [1.54, 1.807) is 0 Å². The number of nitrogens with zero attached hydrogens (tertiary/aromatic N) is 1. The molecule has 0 aromatic heterocycles. The second kappa shape index (κ2) is 5.52. The van der Waals surface area contributed by atoms with Crippen molar-refractivity contribution in [2.75, 3.05) is 6.54 Å². The van der Waals surface area contributed by atoms with Crippen LogP contribution >= 0.6 is 0 Å². The van der Waals surface area contributed by atoms with Crippen LogP contribution in [0.25, 0.3) is 0 Å². The fourth-order valence-electron chi connectivity index (χ4n) is 3.87. The van der Waals surface area contributed by atoms with Gasteiger partial charge in [0.15, 0.2) is 0 Å². The van der Waals surface area contributed by atoms with E-state index in [1.165, 1.54) is 50.3 Å². The summed E-state index contributed by atoms with van der Waals surface area (Å²) in [6, 6.07) is 4.54. The Morgan fingerprint density at radius 2 is 2.10 bits per heavy atom. The van der Waals surface area contributed by atoms with Crippen molar-refractivity contribution in [2.45, 2.75) is 44.7 Å². The Labute approximate surface area is 118 Å². The third-order valence-electron chi connectivity index (χ3n) is 4.78. The second-order valence-electron chi connectivity index (χ2n) is 5.98. The van der Waals surface area contributed by atoms with Gasteiger partial charge in [0.05, 0.1) is 5.56 Å². The maximum absolute atomic E-state index is 13.4. The Bertz CT molecular complexity index is 517. The lowest BCUT2D eigenvalue weighted by Crippen LogP contribution is -2.42. The first kappa shape index (κ1) is 13.6. The zero-order valence-electron chi connectivity index (χ0n) is 11.5. The van der Waals surface area contributed by atoms with Crippen LogP contribution < -0.4 is 0 Å². The lowest BCUT2D eigenvalue weighted by atomic mass is 9.91. The fourth-order valence-corrected chi connectivity index (χ4v) is 3.87. The number of piperidine rings is 1. The van der Waals surface area contributed by atoms with Gasteiger partial charge in [-0.2, -0.15) is 0 Å². The van der Waals surface area contributed by atoms with Gasteiger partial charge in [-0.3, -0.25) is 4.90 Å². The summed E-state index contributed by atoms with van der Waals surface area (Å²) in [6.45, 7) is 1.55. The molecule has 1 aliphatic heterocycles. The molecule has 1 heterocycles. The van der Waals surface area contributed by atoms with Crippen LogP contribution in [0.3, 0.4) is 0 Å². The SMILES string of the molecule is O=C(O)c1ccc(F)cc1CN1CCCC2CCCC21. The molecule has 2 aliphatic rings. The molecule has 0 spiro atoms. The predicted molar refractivity (Wildman–Crippen MR) is 74.1 cm³/mol. The van der Waals surface area contributed by atoms with Crippen LogP contribution in [0.1, 0.15) is 48.0 Å². The van der Waals surface area contributed by atoms with E-state index in [0.717, 1.165) is 12.5 Å². The first-order valence-electron chi connectivity index (χ1n) is 7.41. The monoisotopic (exact) mass is 277 g/mol. The molecule has 2 atom stereocenters. The molecule has 20 heavy (non-hydrogen) atoms. The van der Waals surface area contributed by atoms with Gasteiger partial charge in [-0.25, -0.2) is 9.18 Å². The van der Waals surface area contributed by atoms with Gasteiger partial charge in [-0.05, 0) is 61.9 Å². The molecule has 1 saturated carbocycles. The van der Waals surface area contributed by atoms with Crippen molar-refractivity contribution in [1.29, 1.82) is 0 Å². The number of carboxylic acid groups (broad SMARTS) is 1. The number of likely N-dealkylation sites (tertiary alicyclic amines) is 1. The molecule has 1 aromatic carbocycles. The van der Waals surface area contributed by atoms with Crippen molar-refractivity contribution in [1.82, 2.24) is 4.90 Å². The quantitative estimate of drug-likeness (QED) is 0.921. The Balaban J connectivity index is 1.83. The second-order valence-corrected chi connectivity index (χ2v) is 5.98. The van der Waals surface area contributed by atoms with Crippen LogP contribution in [0.5, 0.6) is 0 Å². The topological polar surface area (TPSA) is 40.5 Å². The molecule has 0 radical (unpaired) electrons. The number of rotatable bonds is 3. The van der Waals surface area contributed by atoms with Gasteiger partial charge in [0.1, 0.15) is 5.82 Å². The van der Waals surface area contributed by atoms with Crippen LogP contribution in [0.2, 0.25) is 0 Å². The van der Waals surface area contributed by atoms with Gasteiger partial charge >= 0.3 is 5.97 Å². The van der Waals surface area contributed by atoms with Crippen LogP contribution in [0, 0.1) is 11.7 Å². The Morgan fingerprint density at radius 1 is 1.30 bits per heavy atom. The van der Waals surface area contributed by atoms with Crippen molar-refractivity contribution in [3.63, 3.8) is 0 Å². The van der Waals surface area contributed by atoms with Gasteiger partial charge in [0.25, 0.3) is 0 Å². The van der Waals surface area contributed by atoms with Gasteiger partial charge in [0.2, 0.25) is 0 Å². The molecule has 0 amide bonds. The zero-order chi connectivity index (χ0) is 14.1. The lowest BCUT2D eigenvalue weighted by Gasteiger charge is -2.38. The molecule has 0 bridgehead atoms. The molecule has 1 aromatic rings. The Hall–Kier alpha value is -1.42. The van der Waals surface area contributed by atoms with Crippen LogP contribution in [-0.2, 0) is 6.54 Å². The van der Waals surface area contributed by atoms with Crippen molar-refractivity contribution < 1.29 is 14.3 Å². The standard InChI is InChI=1S/C16H20FNO2/c17-13-6-7-14(16(19)20)12(9-13)10-18-8-2-4-11-3-1-5-15(11)18/h6-7,9,11,15H,1-5,8,10H2,(H,19,20). The molecule has 1 N–H and O–H groups in total. The summed E-state index contributed by atoms with van der Waals surface area (Å²) in [6.07, 6.45) is 6.20. The minimum Gasteiger partial charge on any atom is -0.478 e. The van der Waals surface area contributed by atoms with Crippen LogP contribution in [-0.4, -0.2) is 28.6 Å². The van der Waals surface area contributed by atoms with Crippen LogP contribution in [0.15, 0.2) is 18.2 Å². The highest BCUT2D eigenvalue weighted by Gasteiger charge is 2.35. The summed E-state index contributed by atoms with van der Waals surface area (Å²) in [5, 5.41) is 9.23. The minimum absolute atomic E-state index is 0.228. The number of hydrogen-bond donors (Lipinski definition) is 1. The van der Waals surface area contributed by atoms with E-state index in [-0.39, 0.29) is 11.4 Å². The van der Waals surface area contributed by atoms with E-state index in [0.29, 0.717) is 18.2 Å². The molecule has 2 fully saturated rings. The van der Waals surface area contributed by atoms with E-state index >= 15 is 0 Å². The molecule has 1 saturated heterocycles. The molecule has 3 nitrogen and oxygen atoms in total. The smallest absolute Gasteiger partial charge is 0.336 e. The summed E-state index contributed by atoms with van der Waals surface area (Å²) in [5.74, 6) is -0.574. The van der Waals surface area contributed by atoms with Crippen molar-refractivity contribution in [3.05, 3.63) is 35.1 Å². The normalized spacial score (nSPS) is 26.4. The van der Waals surface area contributed by atoms with Gasteiger partial charge < -0.3 is 5.11 Å². The Morgan fingerprint density at radius 3 is 2.90 bits per heavy atom. The predicted octanol–water partition coefficient (Wildman–Crippen LogP) is 3.29. The highest BCUT2D eigenvalue weighted by Crippen LogP contribution is 2.37. The molecule has 2 unspecified atom stereocenters. The maximum atomic E-state index is 13.4. The lowest BCUT2D eigenvalue weighted by molar-refractivity contribution is 0.0689. The first-order valence-corrected chi connectivity index (χ1v) is 7.41. The van der Waals surface area contributed by atoms with Crippen molar-refractivity contribution in [2.24, 2.45) is 5.92 Å². The summed E-state index contributed by atoms with van der Waals surface area (Å²) in [7, 11) is 0. The third kappa shape index (κ3) is 2.57. The average molecular weight is 277 g/mol. The maximum Gasteiger partial charge on any atom is 0.336 e. The number of carbonyl (C=O) groups is 1. The fraction of sp³-hybridized carbons (Fsp3) is 0.562. The highest BCUT2D eigenvalue weighted by atomic mass is 19.1. The Kier molecular flexibility index (Phi) is 3.74. The summed E-state index contributed by atoms with van der Waals surface area (Å²) < 4.78 is 13.4. The first-order chi connectivity index (χ1) is 9.65. The van der Waals surface area contributed by atoms with E-state index in [2.05, 4.69) is 4.90 Å². The van der Waals surface area contributed by atoms with Crippen LogP contribution in [0.4, 0.5) is 4.39 Å². The number of aromatic carboxylic acids is 1. The van der Waals surface area contributed by atoms with Crippen molar-refractivity contribution in [3.8, 4) is 0 Å². The number of halogens is 1. The number of benzene rings is 1.